The molecule has 1 aliphatic carbocycles. The Balaban J connectivity index is 1.44. The fourth-order valence-electron chi connectivity index (χ4n) is 3.29. The third-order valence-electron chi connectivity index (χ3n) is 5.28. The number of carbonyl (C=O) groups excluding carboxylic acids is 2. The van der Waals surface area contributed by atoms with E-state index in [1.807, 2.05) is 0 Å². The molecule has 0 aromatic carbocycles. The first-order chi connectivity index (χ1) is 16.0. The Morgan fingerprint density at radius 3 is 2.62 bits per heavy atom. The van der Waals surface area contributed by atoms with E-state index in [9.17, 15) is 22.8 Å². The van der Waals surface area contributed by atoms with E-state index in [4.69, 9.17) is 4.74 Å². The summed E-state index contributed by atoms with van der Waals surface area (Å²) in [7, 11) is 1.54. The number of halogens is 3. The topological polar surface area (TPSA) is 124 Å². The first-order valence-corrected chi connectivity index (χ1v) is 10.2. The second-order valence-corrected chi connectivity index (χ2v) is 7.85. The zero-order valence-corrected chi connectivity index (χ0v) is 18.3. The molecular weight excluding hydrogens is 455 g/mol. The van der Waals surface area contributed by atoms with E-state index in [2.05, 4.69) is 30.9 Å². The fraction of sp³-hybridized carbons (Fsp3) is 0.333. The standard InChI is InChI=1S/C21H20F3N7O3/c1-10-14(6-12(22)8-25-10)11(2)34-20(33)28-18-17(29-30-31(18)3)16-5-4-13(9-26-16)27-19(32)15-7-21(15,23)24/h4-6,8-9,11,15H,7H2,1-3H3,(H,27,32)(H,28,33)/t11-,15+/m1/s1. The van der Waals surface area contributed by atoms with E-state index in [0.29, 0.717) is 17.0 Å². The molecule has 178 valence electrons. The predicted octanol–water partition coefficient (Wildman–Crippen LogP) is 3.62. The third kappa shape index (κ3) is 4.82. The van der Waals surface area contributed by atoms with Gasteiger partial charge in [-0.2, -0.15) is 0 Å². The van der Waals surface area contributed by atoms with Crippen LogP contribution in [0.25, 0.3) is 11.4 Å². The molecule has 0 saturated heterocycles. The Hall–Kier alpha value is -4.03. The Kier molecular flexibility index (Phi) is 5.94. The van der Waals surface area contributed by atoms with Gasteiger partial charge in [-0.05, 0) is 32.0 Å². The van der Waals surface area contributed by atoms with Crippen molar-refractivity contribution >= 4 is 23.5 Å². The monoisotopic (exact) mass is 475 g/mol. The number of hydrogen-bond donors (Lipinski definition) is 2. The number of nitrogens with zero attached hydrogens (tertiary/aromatic N) is 5. The molecule has 10 nitrogen and oxygen atoms in total. The number of amides is 2. The van der Waals surface area contributed by atoms with Crippen molar-refractivity contribution in [1.29, 1.82) is 0 Å². The van der Waals surface area contributed by atoms with Crippen LogP contribution in [-0.2, 0) is 16.6 Å². The SMILES string of the molecule is Cc1ncc(F)cc1[C@@H](C)OC(=O)Nc1c(-c2ccc(NC(=O)[C@@H]3CC3(F)F)cn2)nnn1C. The van der Waals surface area contributed by atoms with Crippen LogP contribution in [0.15, 0.2) is 30.6 Å². The first-order valence-electron chi connectivity index (χ1n) is 10.2. The molecule has 3 aromatic rings. The summed E-state index contributed by atoms with van der Waals surface area (Å²) in [5, 5.41) is 12.8. The highest BCUT2D eigenvalue weighted by Gasteiger charge is 2.61. The molecule has 2 amide bonds. The average Bonchev–Trinajstić information content (AvgIpc) is 3.29. The largest absolute Gasteiger partial charge is 0.441 e. The number of ether oxygens (including phenoxy) is 1. The van der Waals surface area contributed by atoms with Gasteiger partial charge in [0.2, 0.25) is 5.91 Å². The molecule has 13 heteroatoms. The number of aromatic nitrogens is 5. The lowest BCUT2D eigenvalue weighted by molar-refractivity contribution is -0.119. The van der Waals surface area contributed by atoms with Crippen molar-refractivity contribution in [2.45, 2.75) is 32.3 Å². The van der Waals surface area contributed by atoms with Gasteiger partial charge in [0.05, 0.1) is 23.8 Å². The molecule has 0 radical (unpaired) electrons. The second-order valence-electron chi connectivity index (χ2n) is 7.85. The molecule has 1 saturated carbocycles. The summed E-state index contributed by atoms with van der Waals surface area (Å²) in [5.41, 5.74) is 1.69. The van der Waals surface area contributed by atoms with Gasteiger partial charge in [0.1, 0.15) is 17.8 Å². The minimum absolute atomic E-state index is 0.174. The van der Waals surface area contributed by atoms with E-state index in [1.54, 1.807) is 20.9 Å². The van der Waals surface area contributed by atoms with Crippen LogP contribution in [0.4, 0.5) is 29.5 Å². The highest BCUT2D eigenvalue weighted by molar-refractivity contribution is 5.95. The van der Waals surface area contributed by atoms with Gasteiger partial charge in [-0.15, -0.1) is 5.10 Å². The number of anilines is 2. The molecule has 0 spiro atoms. The maximum Gasteiger partial charge on any atom is 0.413 e. The molecular formula is C21H20F3N7O3. The lowest BCUT2D eigenvalue weighted by Crippen LogP contribution is -2.19. The first kappa shape index (κ1) is 23.1. The van der Waals surface area contributed by atoms with Gasteiger partial charge < -0.3 is 10.1 Å². The van der Waals surface area contributed by atoms with Crippen LogP contribution >= 0.6 is 0 Å². The smallest absolute Gasteiger partial charge is 0.413 e. The van der Waals surface area contributed by atoms with Gasteiger partial charge in [-0.1, -0.05) is 5.21 Å². The summed E-state index contributed by atoms with van der Waals surface area (Å²) in [6.45, 7) is 3.25. The van der Waals surface area contributed by atoms with Crippen LogP contribution in [0, 0.1) is 18.7 Å². The van der Waals surface area contributed by atoms with Crippen LogP contribution < -0.4 is 10.6 Å². The van der Waals surface area contributed by atoms with E-state index >= 15 is 0 Å². The van der Waals surface area contributed by atoms with Gasteiger partial charge in [-0.25, -0.2) is 22.6 Å². The Morgan fingerprint density at radius 2 is 1.97 bits per heavy atom. The average molecular weight is 475 g/mol. The van der Waals surface area contributed by atoms with Crippen molar-refractivity contribution in [3.8, 4) is 11.4 Å². The van der Waals surface area contributed by atoms with Crippen LogP contribution in [0.2, 0.25) is 0 Å². The van der Waals surface area contributed by atoms with E-state index in [-0.39, 0.29) is 17.2 Å². The van der Waals surface area contributed by atoms with Crippen LogP contribution in [0.3, 0.4) is 0 Å². The van der Waals surface area contributed by atoms with Crippen molar-refractivity contribution in [3.63, 3.8) is 0 Å². The number of rotatable bonds is 6. The van der Waals surface area contributed by atoms with Crippen LogP contribution in [0.1, 0.15) is 30.7 Å². The van der Waals surface area contributed by atoms with Crippen molar-refractivity contribution < 1.29 is 27.5 Å². The third-order valence-corrected chi connectivity index (χ3v) is 5.28. The molecule has 3 heterocycles. The van der Waals surface area contributed by atoms with Crippen molar-refractivity contribution in [2.24, 2.45) is 13.0 Å². The van der Waals surface area contributed by atoms with E-state index < -0.39 is 42.2 Å². The van der Waals surface area contributed by atoms with Gasteiger partial charge in [0, 0.05) is 24.7 Å². The van der Waals surface area contributed by atoms with Gasteiger partial charge in [0.15, 0.2) is 11.5 Å². The zero-order chi connectivity index (χ0) is 24.6. The molecule has 0 unspecified atom stereocenters. The maximum absolute atomic E-state index is 13.5. The Labute approximate surface area is 191 Å². The van der Waals surface area contributed by atoms with Gasteiger partial charge >= 0.3 is 6.09 Å². The van der Waals surface area contributed by atoms with Gasteiger partial charge in [0.25, 0.3) is 5.92 Å². The number of pyridine rings is 2. The number of alkyl halides is 2. The number of hydrogen-bond acceptors (Lipinski definition) is 7. The Bertz CT molecular complexity index is 1250. The quantitative estimate of drug-likeness (QED) is 0.558. The molecule has 1 fully saturated rings. The lowest BCUT2D eigenvalue weighted by Gasteiger charge is -2.16. The van der Waals surface area contributed by atoms with Crippen LogP contribution in [-0.4, -0.2) is 42.9 Å². The molecule has 3 aromatic heterocycles. The van der Waals surface area contributed by atoms with E-state index in [0.717, 1.165) is 6.20 Å². The van der Waals surface area contributed by atoms with E-state index in [1.165, 1.54) is 29.1 Å². The van der Waals surface area contributed by atoms with Crippen molar-refractivity contribution in [2.75, 3.05) is 10.6 Å². The van der Waals surface area contributed by atoms with Crippen molar-refractivity contribution in [1.82, 2.24) is 25.0 Å². The summed E-state index contributed by atoms with van der Waals surface area (Å²) in [6.07, 6.45) is 0.268. The second kappa shape index (κ2) is 8.72. The summed E-state index contributed by atoms with van der Waals surface area (Å²) < 4.78 is 46.2. The molecule has 4 rings (SSSR count). The molecule has 2 N–H and O–H groups in total. The summed E-state index contributed by atoms with van der Waals surface area (Å²) in [4.78, 5) is 32.4. The summed E-state index contributed by atoms with van der Waals surface area (Å²) >= 11 is 0. The molecule has 1 aliphatic rings. The fourth-order valence-corrected chi connectivity index (χ4v) is 3.29. The molecule has 0 bridgehead atoms. The maximum atomic E-state index is 13.5. The van der Waals surface area contributed by atoms with Gasteiger partial charge in [-0.3, -0.25) is 20.1 Å². The molecule has 2 atom stereocenters. The molecule has 34 heavy (non-hydrogen) atoms. The summed E-state index contributed by atoms with van der Waals surface area (Å²) in [5.74, 6) is -5.45. The summed E-state index contributed by atoms with van der Waals surface area (Å²) in [6, 6.07) is 4.21. The highest BCUT2D eigenvalue weighted by atomic mass is 19.3. The highest BCUT2D eigenvalue weighted by Crippen LogP contribution is 2.49. The number of aryl methyl sites for hydroxylation is 2. The zero-order valence-electron chi connectivity index (χ0n) is 18.3. The number of carbonyl (C=O) groups is 2. The minimum Gasteiger partial charge on any atom is -0.441 e. The number of nitrogens with one attached hydrogen (secondary N) is 2. The lowest BCUT2D eigenvalue weighted by atomic mass is 10.1. The normalized spacial score (nSPS) is 17.1. The minimum atomic E-state index is -2.96. The predicted molar refractivity (Wildman–Crippen MR) is 113 cm³/mol. The Morgan fingerprint density at radius 1 is 1.24 bits per heavy atom. The van der Waals surface area contributed by atoms with Crippen molar-refractivity contribution in [3.05, 3.63) is 47.7 Å². The van der Waals surface area contributed by atoms with Crippen LogP contribution in [0.5, 0.6) is 0 Å². The molecule has 0 aliphatic heterocycles.